The van der Waals surface area contributed by atoms with Crippen molar-refractivity contribution in [1.82, 2.24) is 24.6 Å². The number of ether oxygens (including phenoxy) is 2. The number of hydrogen-bond donors (Lipinski definition) is 1. The Labute approximate surface area is 269 Å². The molecule has 2 aromatic heterocycles. The third-order valence-electron chi connectivity index (χ3n) is 8.54. The summed E-state index contributed by atoms with van der Waals surface area (Å²) >= 11 is 0. The smallest absolute Gasteiger partial charge is 0.412 e. The van der Waals surface area contributed by atoms with Gasteiger partial charge in [0.1, 0.15) is 11.4 Å². The highest BCUT2D eigenvalue weighted by molar-refractivity contribution is 7.90. The molecule has 2 aliphatic heterocycles. The summed E-state index contributed by atoms with van der Waals surface area (Å²) in [6.45, 7) is 7.26. The summed E-state index contributed by atoms with van der Waals surface area (Å²) in [4.78, 5) is 37.9. The third kappa shape index (κ3) is 6.32. The van der Waals surface area contributed by atoms with Crippen LogP contribution in [0.4, 0.5) is 16.3 Å². The van der Waals surface area contributed by atoms with Crippen LogP contribution in [0.3, 0.4) is 0 Å². The van der Waals surface area contributed by atoms with Crippen LogP contribution in [0.1, 0.15) is 78.6 Å². The molecular weight excluding hydrogens is 610 g/mol. The maximum atomic E-state index is 12.9. The molecule has 246 valence electrons. The second-order valence-electron chi connectivity index (χ2n) is 13.6. The van der Waals surface area contributed by atoms with Gasteiger partial charge >= 0.3 is 6.09 Å². The van der Waals surface area contributed by atoms with Gasteiger partial charge in [-0.05, 0) is 75.8 Å². The van der Waals surface area contributed by atoms with Crippen LogP contribution in [0, 0.1) is 0 Å². The van der Waals surface area contributed by atoms with Crippen LogP contribution in [0.15, 0.2) is 29.4 Å². The van der Waals surface area contributed by atoms with Gasteiger partial charge in [0.2, 0.25) is 15.0 Å². The molecule has 0 radical (unpaired) electrons. The molecule has 0 saturated heterocycles. The predicted octanol–water partition coefficient (Wildman–Crippen LogP) is 3.84. The third-order valence-corrected chi connectivity index (χ3v) is 9.39. The summed E-state index contributed by atoms with van der Waals surface area (Å²) in [7, 11) is -0.362. The topological polar surface area (TPSA) is 149 Å². The number of nitrogens with zero attached hydrogens (tertiary/aromatic N) is 6. The monoisotopic (exact) mass is 651 g/mol. The molecule has 0 fully saturated rings. The number of hydrogen-bond acceptors (Lipinski definition) is 10. The molecular formula is C32H41N7O6S. The largest absolute Gasteiger partial charge is 0.444 e. The fourth-order valence-corrected chi connectivity index (χ4v) is 7.00. The average molecular weight is 652 g/mol. The zero-order valence-corrected chi connectivity index (χ0v) is 28.0. The Morgan fingerprint density at radius 1 is 1.11 bits per heavy atom. The van der Waals surface area contributed by atoms with Crippen molar-refractivity contribution in [3.63, 3.8) is 0 Å². The Hall–Kier alpha value is -4.04. The van der Waals surface area contributed by atoms with Crippen molar-refractivity contribution >= 4 is 33.3 Å². The lowest BCUT2D eigenvalue weighted by Gasteiger charge is -2.43. The van der Waals surface area contributed by atoms with E-state index >= 15 is 0 Å². The maximum absolute atomic E-state index is 12.9. The number of carbonyl (C=O) groups is 2. The highest BCUT2D eigenvalue weighted by Gasteiger charge is 2.43. The van der Waals surface area contributed by atoms with E-state index in [0.29, 0.717) is 55.4 Å². The van der Waals surface area contributed by atoms with Gasteiger partial charge in [0, 0.05) is 51.1 Å². The van der Waals surface area contributed by atoms with Crippen molar-refractivity contribution < 1.29 is 27.5 Å². The molecule has 14 heteroatoms. The molecule has 1 N–H and O–H groups in total. The Kier molecular flexibility index (Phi) is 8.08. The first-order valence-electron chi connectivity index (χ1n) is 15.5. The standard InChI is InChI=1S/C32H41N7O6S/c1-31(2,3)45-30(41)33-21-11-10-20-9-7-12-32(24(20)15-21)17-26-23(19-44-32)27(35-29(34-26)46(6,42)43)38-13-8-14-39-22(18-38)16-25(36-39)28(40)37(4)5/h10-11,15-16H,7-9,12-14,17-19H2,1-6H3,(H,33,41). The minimum atomic E-state index is -3.74. The number of aromatic nitrogens is 4. The van der Waals surface area contributed by atoms with Crippen LogP contribution in [0.2, 0.25) is 0 Å². The van der Waals surface area contributed by atoms with Crippen LogP contribution < -0.4 is 10.2 Å². The van der Waals surface area contributed by atoms with Crippen LogP contribution in [0.5, 0.6) is 0 Å². The van der Waals surface area contributed by atoms with Gasteiger partial charge in [-0.15, -0.1) is 0 Å². The molecule has 2 amide bonds. The van der Waals surface area contributed by atoms with Crippen LogP contribution in [-0.2, 0) is 57.5 Å². The van der Waals surface area contributed by atoms with E-state index in [-0.39, 0.29) is 17.7 Å². The van der Waals surface area contributed by atoms with E-state index in [9.17, 15) is 18.0 Å². The minimum absolute atomic E-state index is 0.179. The first-order valence-corrected chi connectivity index (χ1v) is 17.4. The molecule has 0 bridgehead atoms. The molecule has 6 rings (SSSR count). The second kappa shape index (κ2) is 11.6. The van der Waals surface area contributed by atoms with Crippen molar-refractivity contribution in [3.8, 4) is 0 Å². The SMILES string of the molecule is CN(C)C(=O)c1cc2n(n1)CCCN(c1nc(S(C)(=O)=O)nc3c1COC1(CCCc4ccc(NC(=O)OC(C)(C)C)cc41)C3)C2. The Morgan fingerprint density at radius 2 is 1.89 bits per heavy atom. The van der Waals surface area contributed by atoms with Crippen molar-refractivity contribution in [2.75, 3.05) is 37.1 Å². The summed E-state index contributed by atoms with van der Waals surface area (Å²) in [5, 5.41) is 7.15. The lowest BCUT2D eigenvalue weighted by Crippen LogP contribution is -2.41. The van der Waals surface area contributed by atoms with Crippen LogP contribution in [-0.4, -0.2) is 77.6 Å². The quantitative estimate of drug-likeness (QED) is 0.413. The first-order chi connectivity index (χ1) is 21.6. The number of sulfone groups is 1. The highest BCUT2D eigenvalue weighted by atomic mass is 32.2. The van der Waals surface area contributed by atoms with E-state index in [0.717, 1.165) is 47.9 Å². The van der Waals surface area contributed by atoms with Crippen molar-refractivity contribution in [3.05, 3.63) is 58.0 Å². The first kappa shape index (κ1) is 31.9. The number of carbonyl (C=O) groups excluding carboxylic acids is 2. The minimum Gasteiger partial charge on any atom is -0.444 e. The van der Waals surface area contributed by atoms with Crippen molar-refractivity contribution in [1.29, 1.82) is 0 Å². The Bertz CT molecular complexity index is 1810. The normalized spacial score (nSPS) is 19.5. The van der Waals surface area contributed by atoms with Gasteiger partial charge in [0.15, 0.2) is 5.69 Å². The molecule has 4 heterocycles. The van der Waals surface area contributed by atoms with E-state index < -0.39 is 27.1 Å². The number of fused-ring (bicyclic) bond motifs is 4. The summed E-state index contributed by atoms with van der Waals surface area (Å²) in [5.41, 5.74) is 3.89. The molecule has 1 aliphatic carbocycles. The molecule has 3 aliphatic rings. The lowest BCUT2D eigenvalue weighted by molar-refractivity contribution is -0.0855. The van der Waals surface area contributed by atoms with Gasteiger partial charge in [-0.25, -0.2) is 23.2 Å². The van der Waals surface area contributed by atoms with Gasteiger partial charge in [-0.3, -0.25) is 14.8 Å². The molecule has 1 unspecified atom stereocenters. The van der Waals surface area contributed by atoms with Gasteiger partial charge in [0.25, 0.3) is 5.91 Å². The predicted molar refractivity (Wildman–Crippen MR) is 170 cm³/mol. The number of nitrogens with one attached hydrogen (secondary N) is 1. The molecule has 1 spiro atoms. The number of rotatable bonds is 4. The van der Waals surface area contributed by atoms with Crippen LogP contribution >= 0.6 is 0 Å². The zero-order chi connectivity index (χ0) is 33.0. The second-order valence-corrected chi connectivity index (χ2v) is 15.5. The van der Waals surface area contributed by atoms with Crippen molar-refractivity contribution in [2.45, 2.75) is 88.9 Å². The van der Waals surface area contributed by atoms with Gasteiger partial charge in [-0.1, -0.05) is 6.07 Å². The number of anilines is 2. The van der Waals surface area contributed by atoms with E-state index in [4.69, 9.17) is 9.47 Å². The van der Waals surface area contributed by atoms with Crippen LogP contribution in [0.25, 0.3) is 0 Å². The summed E-state index contributed by atoms with van der Waals surface area (Å²) in [6, 6.07) is 7.59. The lowest BCUT2D eigenvalue weighted by atomic mass is 9.74. The molecule has 1 atom stereocenters. The van der Waals surface area contributed by atoms with Gasteiger partial charge in [-0.2, -0.15) is 5.10 Å². The number of amides is 2. The van der Waals surface area contributed by atoms with Crippen molar-refractivity contribution in [2.24, 2.45) is 0 Å². The molecule has 46 heavy (non-hydrogen) atoms. The van der Waals surface area contributed by atoms with E-state index in [2.05, 4.69) is 20.4 Å². The Morgan fingerprint density at radius 3 is 2.61 bits per heavy atom. The fourth-order valence-electron chi connectivity index (χ4n) is 6.48. The van der Waals surface area contributed by atoms with Gasteiger partial charge in [0.05, 0.1) is 30.1 Å². The fraction of sp³-hybridized carbons (Fsp3) is 0.531. The number of benzene rings is 1. The zero-order valence-electron chi connectivity index (χ0n) is 27.2. The van der Waals surface area contributed by atoms with E-state index in [1.54, 1.807) is 20.2 Å². The highest BCUT2D eigenvalue weighted by Crippen LogP contribution is 2.46. The summed E-state index contributed by atoms with van der Waals surface area (Å²) in [6.07, 6.45) is 4.13. The van der Waals surface area contributed by atoms with Gasteiger partial charge < -0.3 is 19.3 Å². The number of aryl methyl sites for hydroxylation is 2. The molecule has 13 nitrogen and oxygen atoms in total. The molecule has 1 aromatic carbocycles. The average Bonchev–Trinajstić information content (AvgIpc) is 3.26. The molecule has 0 saturated carbocycles. The van der Waals surface area contributed by atoms with E-state index in [1.165, 1.54) is 4.90 Å². The maximum Gasteiger partial charge on any atom is 0.412 e. The summed E-state index contributed by atoms with van der Waals surface area (Å²) < 4.78 is 39.8. The van der Waals surface area contributed by atoms with E-state index in [1.807, 2.05) is 48.6 Å². The summed E-state index contributed by atoms with van der Waals surface area (Å²) in [5.74, 6) is 0.341. The molecule has 3 aromatic rings. The Balaban J connectivity index is 1.36.